The molecule has 0 radical (unpaired) electrons. The molecule has 0 aromatic heterocycles. The fourth-order valence-corrected chi connectivity index (χ4v) is 1.92. The van der Waals surface area contributed by atoms with Crippen molar-refractivity contribution in [1.29, 1.82) is 10.5 Å². The second-order valence-electron chi connectivity index (χ2n) is 3.66. The summed E-state index contributed by atoms with van der Waals surface area (Å²) in [5, 5.41) is 21.3. The summed E-state index contributed by atoms with van der Waals surface area (Å²) in [6.07, 6.45) is 0. The fourth-order valence-electron chi connectivity index (χ4n) is 1.92. The van der Waals surface area contributed by atoms with Crippen LogP contribution >= 0.6 is 0 Å². The minimum atomic E-state index is 0.457. The molecule has 0 saturated carbocycles. The second-order valence-corrected chi connectivity index (χ2v) is 3.66. The maximum absolute atomic E-state index is 9.12. The molecule has 0 atom stereocenters. The van der Waals surface area contributed by atoms with E-state index in [2.05, 4.69) is 22.4 Å². The molecule has 1 aromatic rings. The van der Waals surface area contributed by atoms with Gasteiger partial charge in [0.2, 0.25) is 0 Å². The number of hydrogen-bond acceptors (Lipinski definition) is 4. The highest BCUT2D eigenvalue weighted by atomic mass is 15.2. The van der Waals surface area contributed by atoms with Crippen LogP contribution in [0, 0.1) is 22.7 Å². The van der Waals surface area contributed by atoms with Gasteiger partial charge in [-0.15, -0.1) is 0 Å². The summed E-state index contributed by atoms with van der Waals surface area (Å²) in [6, 6.07) is 9.61. The van der Waals surface area contributed by atoms with Gasteiger partial charge in [-0.2, -0.15) is 10.5 Å². The largest absolute Gasteiger partial charge is 0.368 e. The maximum atomic E-state index is 9.12. The number of nitriles is 2. The monoisotopic (exact) mass is 212 g/mol. The number of hydrogen-bond donors (Lipinski definition) is 1. The normalized spacial score (nSPS) is 15.2. The molecule has 0 aliphatic carbocycles. The summed E-state index contributed by atoms with van der Waals surface area (Å²) in [6.45, 7) is 3.59. The van der Waals surface area contributed by atoms with E-state index in [0.29, 0.717) is 11.1 Å². The summed E-state index contributed by atoms with van der Waals surface area (Å²) in [5.41, 5.74) is 1.83. The molecule has 1 saturated heterocycles. The third-order valence-corrected chi connectivity index (χ3v) is 2.73. The third kappa shape index (κ3) is 1.84. The van der Waals surface area contributed by atoms with Gasteiger partial charge >= 0.3 is 0 Å². The van der Waals surface area contributed by atoms with Crippen molar-refractivity contribution in [2.24, 2.45) is 0 Å². The van der Waals surface area contributed by atoms with E-state index in [1.54, 1.807) is 6.07 Å². The topological polar surface area (TPSA) is 62.9 Å². The molecule has 1 N–H and O–H groups in total. The number of piperazine rings is 1. The second kappa shape index (κ2) is 4.65. The molecular weight excluding hydrogens is 200 g/mol. The first-order valence-corrected chi connectivity index (χ1v) is 5.25. The molecule has 0 spiro atoms. The summed E-state index contributed by atoms with van der Waals surface area (Å²) < 4.78 is 0. The van der Waals surface area contributed by atoms with Gasteiger partial charge in [0, 0.05) is 26.2 Å². The van der Waals surface area contributed by atoms with Crippen LogP contribution in [0.2, 0.25) is 0 Å². The van der Waals surface area contributed by atoms with Gasteiger partial charge in [0.15, 0.2) is 0 Å². The molecule has 4 nitrogen and oxygen atoms in total. The van der Waals surface area contributed by atoms with Crippen LogP contribution in [0.25, 0.3) is 0 Å². The molecule has 80 valence electrons. The Labute approximate surface area is 94.7 Å². The lowest BCUT2D eigenvalue weighted by atomic mass is 10.1. The van der Waals surface area contributed by atoms with Crippen molar-refractivity contribution in [1.82, 2.24) is 5.32 Å². The van der Waals surface area contributed by atoms with Crippen molar-refractivity contribution in [3.63, 3.8) is 0 Å². The van der Waals surface area contributed by atoms with Crippen molar-refractivity contribution in [3.8, 4) is 12.1 Å². The minimum Gasteiger partial charge on any atom is -0.368 e. The van der Waals surface area contributed by atoms with Gasteiger partial charge < -0.3 is 10.2 Å². The average Bonchev–Trinajstić information content (AvgIpc) is 2.38. The van der Waals surface area contributed by atoms with E-state index >= 15 is 0 Å². The Morgan fingerprint density at radius 3 is 2.50 bits per heavy atom. The van der Waals surface area contributed by atoms with E-state index in [4.69, 9.17) is 10.5 Å². The zero-order chi connectivity index (χ0) is 11.4. The van der Waals surface area contributed by atoms with Crippen LogP contribution in [0.1, 0.15) is 11.1 Å². The van der Waals surface area contributed by atoms with E-state index in [0.717, 1.165) is 31.9 Å². The molecular formula is C12H12N4. The lowest BCUT2D eigenvalue weighted by Crippen LogP contribution is -2.43. The zero-order valence-corrected chi connectivity index (χ0v) is 8.90. The Hall–Kier alpha value is -2.04. The number of nitrogens with one attached hydrogen (secondary N) is 1. The molecule has 1 heterocycles. The van der Waals surface area contributed by atoms with Crippen molar-refractivity contribution < 1.29 is 0 Å². The van der Waals surface area contributed by atoms with E-state index in [-0.39, 0.29) is 0 Å². The van der Waals surface area contributed by atoms with Gasteiger partial charge in [-0.05, 0) is 12.1 Å². The average molecular weight is 212 g/mol. The first-order valence-electron chi connectivity index (χ1n) is 5.25. The molecule has 0 unspecified atom stereocenters. The Bertz CT molecular complexity index is 461. The van der Waals surface area contributed by atoms with Gasteiger partial charge in [0.1, 0.15) is 12.1 Å². The van der Waals surface area contributed by atoms with Crippen molar-refractivity contribution in [2.75, 3.05) is 31.1 Å². The lowest BCUT2D eigenvalue weighted by Gasteiger charge is -2.30. The zero-order valence-electron chi connectivity index (χ0n) is 8.90. The first-order chi connectivity index (χ1) is 7.86. The highest BCUT2D eigenvalue weighted by Crippen LogP contribution is 2.23. The smallest absolute Gasteiger partial charge is 0.103 e. The van der Waals surface area contributed by atoms with Gasteiger partial charge in [-0.1, -0.05) is 6.07 Å². The van der Waals surface area contributed by atoms with Crippen LogP contribution in [0.5, 0.6) is 0 Å². The Morgan fingerprint density at radius 2 is 1.88 bits per heavy atom. The van der Waals surface area contributed by atoms with Crippen LogP contribution < -0.4 is 10.2 Å². The summed E-state index contributed by atoms with van der Waals surface area (Å²) in [7, 11) is 0. The van der Waals surface area contributed by atoms with Gasteiger partial charge in [-0.3, -0.25) is 0 Å². The van der Waals surface area contributed by atoms with Crippen LogP contribution in [0.4, 0.5) is 5.69 Å². The summed E-state index contributed by atoms with van der Waals surface area (Å²) in [5.74, 6) is 0. The van der Waals surface area contributed by atoms with Gasteiger partial charge in [-0.25, -0.2) is 0 Å². The molecule has 0 bridgehead atoms. The number of anilines is 1. The SMILES string of the molecule is N#Cc1cccc(N2CCNCC2)c1C#N. The molecule has 1 aliphatic rings. The predicted molar refractivity (Wildman–Crippen MR) is 61.0 cm³/mol. The minimum absolute atomic E-state index is 0.457. The lowest BCUT2D eigenvalue weighted by molar-refractivity contribution is 0.589. The van der Waals surface area contributed by atoms with E-state index < -0.39 is 0 Å². The summed E-state index contributed by atoms with van der Waals surface area (Å²) in [4.78, 5) is 2.15. The van der Waals surface area contributed by atoms with E-state index in [9.17, 15) is 0 Å². The number of rotatable bonds is 1. The first kappa shape index (κ1) is 10.5. The molecule has 1 aliphatic heterocycles. The predicted octanol–water partition coefficient (Wildman–Crippen LogP) is 0.840. The third-order valence-electron chi connectivity index (χ3n) is 2.73. The van der Waals surface area contributed by atoms with Crippen molar-refractivity contribution in [2.45, 2.75) is 0 Å². The molecule has 16 heavy (non-hydrogen) atoms. The summed E-state index contributed by atoms with van der Waals surface area (Å²) >= 11 is 0. The Balaban J connectivity index is 2.40. The fraction of sp³-hybridized carbons (Fsp3) is 0.333. The van der Waals surface area contributed by atoms with Crippen LogP contribution in [-0.4, -0.2) is 26.2 Å². The maximum Gasteiger partial charge on any atom is 0.103 e. The Kier molecular flexibility index (Phi) is 3.05. The number of nitrogens with zero attached hydrogens (tertiary/aromatic N) is 3. The molecule has 2 rings (SSSR count). The highest BCUT2D eigenvalue weighted by molar-refractivity contribution is 5.65. The highest BCUT2D eigenvalue weighted by Gasteiger charge is 2.16. The van der Waals surface area contributed by atoms with Crippen LogP contribution in [-0.2, 0) is 0 Å². The quantitative estimate of drug-likeness (QED) is 0.749. The number of benzene rings is 1. The van der Waals surface area contributed by atoms with Crippen molar-refractivity contribution in [3.05, 3.63) is 29.3 Å². The Morgan fingerprint density at radius 1 is 1.12 bits per heavy atom. The standard InChI is InChI=1S/C12H12N4/c13-8-10-2-1-3-12(11(10)9-14)16-6-4-15-5-7-16/h1-3,15H,4-7H2. The van der Waals surface area contributed by atoms with Crippen LogP contribution in [0.15, 0.2) is 18.2 Å². The molecule has 4 heteroatoms. The molecule has 1 fully saturated rings. The van der Waals surface area contributed by atoms with E-state index in [1.807, 2.05) is 12.1 Å². The van der Waals surface area contributed by atoms with E-state index in [1.165, 1.54) is 0 Å². The van der Waals surface area contributed by atoms with Gasteiger partial charge in [0.25, 0.3) is 0 Å². The van der Waals surface area contributed by atoms with Gasteiger partial charge in [0.05, 0.1) is 16.8 Å². The molecule has 1 aromatic carbocycles. The molecule has 0 amide bonds. The van der Waals surface area contributed by atoms with Crippen molar-refractivity contribution >= 4 is 5.69 Å². The van der Waals surface area contributed by atoms with Crippen LogP contribution in [0.3, 0.4) is 0 Å².